The molecule has 1 aromatic heterocycles. The molecule has 0 fully saturated rings. The monoisotopic (exact) mass is 487 g/mol. The minimum Gasteiger partial charge on any atom is -0.494 e. The number of nitrogens with zero attached hydrogens (tertiary/aromatic N) is 1. The summed E-state index contributed by atoms with van der Waals surface area (Å²) in [7, 11) is 0. The summed E-state index contributed by atoms with van der Waals surface area (Å²) >= 11 is 0. The number of unbranched alkanes of at least 4 members (excludes halogenated alkanes) is 9. The molecular formula is C30H49NO4. The van der Waals surface area contributed by atoms with E-state index in [1.54, 1.807) is 0 Å². The maximum Gasteiger partial charge on any atom is 0.297 e. The van der Waals surface area contributed by atoms with Gasteiger partial charge >= 0.3 is 0 Å². The molecular weight excluding hydrogens is 438 g/mol. The Morgan fingerprint density at radius 3 is 1.89 bits per heavy atom. The molecule has 0 N–H and O–H groups in total. The average Bonchev–Trinajstić information content (AvgIpc) is 2.84. The van der Waals surface area contributed by atoms with Crippen LogP contribution in [0.2, 0.25) is 0 Å². The summed E-state index contributed by atoms with van der Waals surface area (Å²) in [4.78, 5) is 13.6. The highest BCUT2D eigenvalue weighted by molar-refractivity contribution is 5.89. The minimum atomic E-state index is -0.123. The molecule has 0 aliphatic heterocycles. The van der Waals surface area contributed by atoms with Gasteiger partial charge < -0.3 is 18.8 Å². The highest BCUT2D eigenvalue weighted by Crippen LogP contribution is 2.36. The number of fused-ring (bicyclic) bond motifs is 1. The van der Waals surface area contributed by atoms with Crippen LogP contribution >= 0.6 is 0 Å². The molecule has 5 heteroatoms. The summed E-state index contributed by atoms with van der Waals surface area (Å²) in [5, 5.41) is 0.907. The topological polar surface area (TPSA) is 49.7 Å². The van der Waals surface area contributed by atoms with Crippen LogP contribution in [0.5, 0.6) is 17.2 Å². The van der Waals surface area contributed by atoms with E-state index >= 15 is 0 Å². The molecule has 0 atom stereocenters. The van der Waals surface area contributed by atoms with Crippen LogP contribution in [0.3, 0.4) is 0 Å². The van der Waals surface area contributed by atoms with Crippen LogP contribution in [0.25, 0.3) is 10.9 Å². The van der Waals surface area contributed by atoms with Gasteiger partial charge in [-0.2, -0.15) is 0 Å². The van der Waals surface area contributed by atoms with Gasteiger partial charge in [-0.05, 0) is 45.2 Å². The van der Waals surface area contributed by atoms with Gasteiger partial charge in [-0.3, -0.25) is 4.79 Å². The molecule has 0 saturated heterocycles. The second-order valence-electron chi connectivity index (χ2n) is 9.83. The van der Waals surface area contributed by atoms with E-state index in [9.17, 15) is 4.79 Å². The lowest BCUT2D eigenvalue weighted by Crippen LogP contribution is -2.25. The molecule has 5 nitrogen and oxygen atoms in total. The van der Waals surface area contributed by atoms with Crippen LogP contribution in [0.1, 0.15) is 118 Å². The highest BCUT2D eigenvalue weighted by Gasteiger charge is 2.21. The molecule has 0 radical (unpaired) electrons. The first-order valence-electron chi connectivity index (χ1n) is 14.2. The Morgan fingerprint density at radius 1 is 0.686 bits per heavy atom. The van der Waals surface area contributed by atoms with Gasteiger partial charge in [0.05, 0.1) is 25.3 Å². The highest BCUT2D eigenvalue weighted by atomic mass is 16.5. The van der Waals surface area contributed by atoms with Crippen molar-refractivity contribution in [3.05, 3.63) is 28.6 Å². The van der Waals surface area contributed by atoms with Crippen LogP contribution in [-0.2, 0) is 0 Å². The van der Waals surface area contributed by atoms with Gasteiger partial charge in [0, 0.05) is 17.5 Å². The van der Waals surface area contributed by atoms with Crippen molar-refractivity contribution in [3.63, 3.8) is 0 Å². The number of hydrogen-bond donors (Lipinski definition) is 0. The molecule has 0 unspecified atom stereocenters. The first-order valence-corrected chi connectivity index (χ1v) is 14.2. The molecule has 0 aliphatic rings. The van der Waals surface area contributed by atoms with E-state index in [0.717, 1.165) is 48.8 Å². The Bertz CT molecular complexity index is 919. The van der Waals surface area contributed by atoms with Crippen molar-refractivity contribution in [2.45, 2.75) is 118 Å². The third kappa shape index (κ3) is 9.09. The predicted octanol–water partition coefficient (Wildman–Crippen LogP) is 8.46. The largest absolute Gasteiger partial charge is 0.494 e. The van der Waals surface area contributed by atoms with Crippen molar-refractivity contribution < 1.29 is 14.2 Å². The number of ether oxygens (including phenoxy) is 3. The molecule has 1 aromatic carbocycles. The lowest BCUT2D eigenvalue weighted by atomic mass is 10.1. The fourth-order valence-electron chi connectivity index (χ4n) is 4.31. The first kappa shape index (κ1) is 29.1. The van der Waals surface area contributed by atoms with Crippen molar-refractivity contribution >= 4 is 10.9 Å². The van der Waals surface area contributed by atoms with E-state index < -0.39 is 0 Å². The van der Waals surface area contributed by atoms with Gasteiger partial charge in [0.1, 0.15) is 5.75 Å². The Hall–Kier alpha value is -2.17. The zero-order valence-electron chi connectivity index (χ0n) is 23.0. The van der Waals surface area contributed by atoms with Crippen LogP contribution in [0, 0.1) is 0 Å². The Labute approximate surface area is 213 Å². The average molecular weight is 488 g/mol. The molecule has 0 bridgehead atoms. The quantitative estimate of drug-likeness (QED) is 0.186. The lowest BCUT2D eigenvalue weighted by Gasteiger charge is -2.21. The van der Waals surface area contributed by atoms with E-state index in [4.69, 9.17) is 14.2 Å². The van der Waals surface area contributed by atoms with Gasteiger partial charge in [-0.15, -0.1) is 0 Å². The van der Waals surface area contributed by atoms with E-state index in [0.29, 0.717) is 31.3 Å². The summed E-state index contributed by atoms with van der Waals surface area (Å²) in [5.74, 6) is 1.72. The van der Waals surface area contributed by atoms with Gasteiger partial charge in [0.25, 0.3) is 5.56 Å². The minimum absolute atomic E-state index is 0.00838. The lowest BCUT2D eigenvalue weighted by molar-refractivity contribution is 0.257. The smallest absolute Gasteiger partial charge is 0.297 e. The summed E-state index contributed by atoms with van der Waals surface area (Å²) in [6, 6.07) is 6.00. The van der Waals surface area contributed by atoms with Crippen molar-refractivity contribution in [2.75, 3.05) is 19.8 Å². The van der Waals surface area contributed by atoms with Crippen LogP contribution in [-0.4, -0.2) is 24.4 Å². The summed E-state index contributed by atoms with van der Waals surface area (Å²) in [6.07, 6.45) is 13.7. The standard InChI is InChI=1S/C30H49NO4/c1-6-9-12-14-15-17-21-33-25-18-19-26-27(23-25)31(24(4)5)30(32)29(28(26)34-20-11-8-3)35-22-16-13-10-7-2/h18-19,23-24H,6-17,20-22H2,1-5H3. The molecule has 35 heavy (non-hydrogen) atoms. The third-order valence-electron chi connectivity index (χ3n) is 6.36. The van der Waals surface area contributed by atoms with Crippen LogP contribution < -0.4 is 19.8 Å². The number of hydrogen-bond acceptors (Lipinski definition) is 4. The predicted molar refractivity (Wildman–Crippen MR) is 148 cm³/mol. The third-order valence-corrected chi connectivity index (χ3v) is 6.36. The van der Waals surface area contributed by atoms with Crippen molar-refractivity contribution in [1.82, 2.24) is 4.57 Å². The molecule has 0 spiro atoms. The second-order valence-corrected chi connectivity index (χ2v) is 9.83. The van der Waals surface area contributed by atoms with Crippen molar-refractivity contribution in [2.24, 2.45) is 0 Å². The van der Waals surface area contributed by atoms with E-state index in [-0.39, 0.29) is 11.6 Å². The number of pyridine rings is 1. The second kappa shape index (κ2) is 16.5. The van der Waals surface area contributed by atoms with E-state index in [2.05, 4.69) is 20.8 Å². The zero-order valence-corrected chi connectivity index (χ0v) is 23.0. The Kier molecular flexibility index (Phi) is 13.7. The SMILES string of the molecule is CCCCCCCCOc1ccc2c(OCCCC)c(OCCCCCC)c(=O)n(C(C)C)c2c1. The first-order chi connectivity index (χ1) is 17.0. The number of benzene rings is 1. The maximum absolute atomic E-state index is 13.6. The maximum atomic E-state index is 13.6. The summed E-state index contributed by atoms with van der Waals surface area (Å²) in [5.41, 5.74) is 0.720. The van der Waals surface area contributed by atoms with Gasteiger partial charge in [0.15, 0.2) is 5.75 Å². The number of rotatable bonds is 19. The van der Waals surface area contributed by atoms with Crippen LogP contribution in [0.4, 0.5) is 0 Å². The molecule has 1 heterocycles. The van der Waals surface area contributed by atoms with Gasteiger partial charge in [0.2, 0.25) is 5.75 Å². The van der Waals surface area contributed by atoms with Gasteiger partial charge in [-0.25, -0.2) is 0 Å². The normalized spacial score (nSPS) is 11.4. The summed E-state index contributed by atoms with van der Waals surface area (Å²) < 4.78 is 20.2. The van der Waals surface area contributed by atoms with Crippen LogP contribution in [0.15, 0.2) is 23.0 Å². The Balaban J connectivity index is 2.30. The molecule has 198 valence electrons. The fourth-order valence-corrected chi connectivity index (χ4v) is 4.31. The van der Waals surface area contributed by atoms with E-state index in [1.807, 2.05) is 36.6 Å². The Morgan fingerprint density at radius 2 is 1.23 bits per heavy atom. The fraction of sp³-hybridized carbons (Fsp3) is 0.700. The molecule has 2 rings (SSSR count). The molecule has 0 aliphatic carbocycles. The molecule has 0 saturated carbocycles. The molecule has 2 aromatic rings. The summed E-state index contributed by atoms with van der Waals surface area (Å²) in [6.45, 7) is 12.4. The zero-order chi connectivity index (χ0) is 25.5. The van der Waals surface area contributed by atoms with Crippen molar-refractivity contribution in [1.29, 1.82) is 0 Å². The van der Waals surface area contributed by atoms with E-state index in [1.165, 1.54) is 44.9 Å². The number of aromatic nitrogens is 1. The van der Waals surface area contributed by atoms with Gasteiger partial charge in [-0.1, -0.05) is 78.6 Å². The van der Waals surface area contributed by atoms with Crippen molar-refractivity contribution in [3.8, 4) is 17.2 Å². The molecule has 0 amide bonds.